The van der Waals surface area contributed by atoms with Gasteiger partial charge < -0.3 is 14.7 Å². The van der Waals surface area contributed by atoms with Gasteiger partial charge in [0.1, 0.15) is 17.8 Å². The van der Waals surface area contributed by atoms with E-state index in [1.54, 1.807) is 27.4 Å². The molecule has 3 N–H and O–H groups in total. The summed E-state index contributed by atoms with van der Waals surface area (Å²) in [5, 5.41) is 22.8. The molecule has 6 rings (SSSR count). The summed E-state index contributed by atoms with van der Waals surface area (Å²) in [7, 11) is 0. The number of H-pyrrole nitrogens is 1. The van der Waals surface area contributed by atoms with Crippen molar-refractivity contribution in [1.29, 1.82) is 0 Å². The highest BCUT2D eigenvalue weighted by atomic mass is 35.5. The van der Waals surface area contributed by atoms with Gasteiger partial charge in [-0.25, -0.2) is 9.78 Å². The van der Waals surface area contributed by atoms with Crippen LogP contribution in [-0.4, -0.2) is 50.9 Å². The number of imidazole rings is 1. The maximum absolute atomic E-state index is 13.4. The number of aromatic amines is 1. The number of nitrogens with one attached hydrogen (secondary N) is 2. The average molecular weight is 530 g/mol. The highest BCUT2D eigenvalue weighted by molar-refractivity contribution is 6.31. The highest BCUT2D eigenvalue weighted by Gasteiger charge is 2.29. The number of rotatable bonds is 5. The number of carboxylic acid groups (broad SMARTS) is 1. The van der Waals surface area contributed by atoms with Crippen LogP contribution in [0.4, 0.5) is 10.5 Å². The monoisotopic (exact) mass is 529 g/mol. The third-order valence-corrected chi connectivity index (χ3v) is 6.73. The van der Waals surface area contributed by atoms with Crippen molar-refractivity contribution in [2.45, 2.75) is 25.8 Å². The second-order valence-corrected chi connectivity index (χ2v) is 9.28. The first-order valence-corrected chi connectivity index (χ1v) is 12.1. The number of amides is 1. The molecular formula is C25H20ClN9O3. The number of pyridine rings is 2. The Balaban J connectivity index is 1.35. The molecule has 0 bridgehead atoms. The molecule has 4 aromatic heterocycles. The summed E-state index contributed by atoms with van der Waals surface area (Å²) in [4.78, 5) is 36.3. The molecule has 0 spiro atoms. The second-order valence-electron chi connectivity index (χ2n) is 8.92. The maximum atomic E-state index is 13.4. The van der Waals surface area contributed by atoms with Crippen LogP contribution in [-0.2, 0) is 6.42 Å². The molecule has 12 nitrogen and oxygen atoms in total. The van der Waals surface area contributed by atoms with Gasteiger partial charge in [-0.3, -0.25) is 15.1 Å². The zero-order chi connectivity index (χ0) is 26.4. The van der Waals surface area contributed by atoms with Crippen molar-refractivity contribution < 1.29 is 9.90 Å². The Morgan fingerprint density at radius 1 is 1.21 bits per heavy atom. The fourth-order valence-corrected chi connectivity index (χ4v) is 5.03. The number of aromatic nitrogens is 8. The van der Waals surface area contributed by atoms with E-state index >= 15 is 0 Å². The van der Waals surface area contributed by atoms with Crippen molar-refractivity contribution in [3.05, 3.63) is 87.6 Å². The van der Waals surface area contributed by atoms with Crippen LogP contribution in [0.1, 0.15) is 29.5 Å². The molecule has 1 amide bonds. The summed E-state index contributed by atoms with van der Waals surface area (Å²) < 4.78 is 3.31. The van der Waals surface area contributed by atoms with Gasteiger partial charge in [0.15, 0.2) is 5.15 Å². The Kier molecular flexibility index (Phi) is 5.72. The lowest BCUT2D eigenvalue weighted by atomic mass is 10.0. The van der Waals surface area contributed by atoms with Gasteiger partial charge in [0, 0.05) is 17.3 Å². The van der Waals surface area contributed by atoms with Crippen LogP contribution < -0.4 is 10.9 Å². The first-order chi connectivity index (χ1) is 18.4. The van der Waals surface area contributed by atoms with Gasteiger partial charge in [0.25, 0.3) is 5.56 Å². The molecule has 38 heavy (non-hydrogen) atoms. The van der Waals surface area contributed by atoms with Gasteiger partial charge in [0.05, 0.1) is 29.3 Å². The molecule has 0 unspecified atom stereocenters. The number of halogens is 1. The smallest absolute Gasteiger partial charge is 0.409 e. The Morgan fingerprint density at radius 3 is 2.82 bits per heavy atom. The van der Waals surface area contributed by atoms with Crippen LogP contribution >= 0.6 is 11.6 Å². The van der Waals surface area contributed by atoms with Gasteiger partial charge in [-0.15, -0.1) is 5.10 Å². The van der Waals surface area contributed by atoms with E-state index in [0.29, 0.717) is 35.7 Å². The largest absolute Gasteiger partial charge is 0.465 e. The molecule has 190 valence electrons. The van der Waals surface area contributed by atoms with E-state index in [-0.39, 0.29) is 16.8 Å². The lowest BCUT2D eigenvalue weighted by molar-refractivity contribution is 0.209. The van der Waals surface area contributed by atoms with Crippen LogP contribution in [0.2, 0.25) is 5.15 Å². The second kappa shape index (κ2) is 9.23. The molecule has 1 aliphatic rings. The number of carbonyl (C=O) groups is 1. The number of nitrogens with zero attached hydrogens (tertiary/aromatic N) is 7. The number of aryl methyl sites for hydroxylation is 2. The van der Waals surface area contributed by atoms with Crippen molar-refractivity contribution in [2.24, 2.45) is 0 Å². The predicted molar refractivity (Wildman–Crippen MR) is 139 cm³/mol. The normalized spacial score (nSPS) is 14.4. The molecule has 0 saturated carbocycles. The van der Waals surface area contributed by atoms with Crippen LogP contribution in [0.3, 0.4) is 0 Å². The molecule has 13 heteroatoms. The molecule has 1 atom stereocenters. The van der Waals surface area contributed by atoms with Crippen molar-refractivity contribution >= 4 is 23.4 Å². The van der Waals surface area contributed by atoms with Crippen LogP contribution in [0.15, 0.2) is 59.8 Å². The van der Waals surface area contributed by atoms with E-state index < -0.39 is 6.09 Å². The summed E-state index contributed by atoms with van der Waals surface area (Å²) in [6.45, 7) is 1.99. The fraction of sp³-hybridized carbons (Fsp3) is 0.160. The van der Waals surface area contributed by atoms with Crippen LogP contribution in [0.5, 0.6) is 0 Å². The first-order valence-electron chi connectivity index (χ1n) is 11.7. The number of benzene rings is 1. The molecule has 1 aromatic carbocycles. The van der Waals surface area contributed by atoms with E-state index in [0.717, 1.165) is 28.1 Å². The van der Waals surface area contributed by atoms with E-state index in [1.165, 1.54) is 12.5 Å². The van der Waals surface area contributed by atoms with Gasteiger partial charge in [-0.2, -0.15) is 4.68 Å². The van der Waals surface area contributed by atoms with E-state index in [9.17, 15) is 9.59 Å². The summed E-state index contributed by atoms with van der Waals surface area (Å²) in [6, 6.07) is 12.5. The lowest BCUT2D eigenvalue weighted by Crippen LogP contribution is -2.24. The minimum absolute atomic E-state index is 0.152. The fourth-order valence-electron chi connectivity index (χ4n) is 4.80. The minimum Gasteiger partial charge on any atom is -0.465 e. The van der Waals surface area contributed by atoms with Crippen molar-refractivity contribution in [3.63, 3.8) is 0 Å². The van der Waals surface area contributed by atoms with E-state index in [1.807, 2.05) is 31.2 Å². The summed E-state index contributed by atoms with van der Waals surface area (Å²) in [6.07, 6.45) is 3.09. The highest BCUT2D eigenvalue weighted by Crippen LogP contribution is 2.35. The van der Waals surface area contributed by atoms with Crippen LogP contribution in [0, 0.1) is 6.92 Å². The summed E-state index contributed by atoms with van der Waals surface area (Å²) in [5.74, 6) is 0.554. The molecule has 5 heterocycles. The SMILES string of the molecule is Cc1ccc(-n2cnnn2)c(-c2cc3n(c(=O)c2)[C@H](c2nc(Cl)c(-c4ccc(NC(=O)O)cn4)[nH]2)CC3)c1. The van der Waals surface area contributed by atoms with Gasteiger partial charge in [-0.05, 0) is 66.1 Å². The number of tetrazole rings is 1. The molecule has 5 aromatic rings. The molecular weight excluding hydrogens is 510 g/mol. The molecule has 0 fully saturated rings. The predicted octanol–water partition coefficient (Wildman–Crippen LogP) is 3.86. The van der Waals surface area contributed by atoms with Gasteiger partial charge in [0.2, 0.25) is 0 Å². The zero-order valence-corrected chi connectivity index (χ0v) is 20.7. The Bertz CT molecular complexity index is 1730. The van der Waals surface area contributed by atoms with Crippen molar-refractivity contribution in [2.75, 3.05) is 5.32 Å². The first kappa shape index (κ1) is 23.6. The zero-order valence-electron chi connectivity index (χ0n) is 20.0. The minimum atomic E-state index is -1.18. The van der Waals surface area contributed by atoms with Gasteiger partial charge >= 0.3 is 6.09 Å². The number of hydrogen-bond acceptors (Lipinski definition) is 7. The standard InChI is InChI=1S/C25H20ClN9O3/c1-13-2-6-19(34-12-28-32-33-34)17(8-13)14-9-16-4-7-20(35(16)21(36)10-14)24-30-22(23(26)31-24)18-5-3-15(11-27-18)29-25(37)38/h2-3,5-6,8-12,20,29H,4,7H2,1H3,(H,30,31)(H,37,38)/t20-/m0/s1. The summed E-state index contributed by atoms with van der Waals surface area (Å²) >= 11 is 6.44. The van der Waals surface area contributed by atoms with Gasteiger partial charge in [-0.1, -0.05) is 23.2 Å². The number of anilines is 1. The molecule has 1 aliphatic heterocycles. The van der Waals surface area contributed by atoms with E-state index in [2.05, 4.69) is 35.8 Å². The molecule has 0 saturated heterocycles. The van der Waals surface area contributed by atoms with Crippen molar-refractivity contribution in [3.8, 4) is 28.2 Å². The Hall–Kier alpha value is -4.84. The number of hydrogen-bond donors (Lipinski definition) is 3. The average Bonchev–Trinajstić information content (AvgIpc) is 3.64. The van der Waals surface area contributed by atoms with Crippen molar-refractivity contribution in [1.82, 2.24) is 39.7 Å². The molecule has 0 aliphatic carbocycles. The Morgan fingerprint density at radius 2 is 2.08 bits per heavy atom. The quantitative estimate of drug-likeness (QED) is 0.310. The summed E-state index contributed by atoms with van der Waals surface area (Å²) in [5.41, 5.74) is 5.53. The lowest BCUT2D eigenvalue weighted by Gasteiger charge is -2.15. The topological polar surface area (TPSA) is 156 Å². The third-order valence-electron chi connectivity index (χ3n) is 6.46. The van der Waals surface area contributed by atoms with E-state index in [4.69, 9.17) is 16.7 Å². The number of fused-ring (bicyclic) bond motifs is 1. The third kappa shape index (κ3) is 4.20. The maximum Gasteiger partial charge on any atom is 0.409 e. The van der Waals surface area contributed by atoms with Crippen LogP contribution in [0.25, 0.3) is 28.2 Å². The Labute approximate surface area is 220 Å². The molecule has 0 radical (unpaired) electrons.